The molecular formula is C10H22N2O2. The van der Waals surface area contributed by atoms with Crippen LogP contribution >= 0.6 is 0 Å². The molecular weight excluding hydrogens is 180 g/mol. The van der Waals surface area contributed by atoms with Crippen LogP contribution in [0, 0.1) is 0 Å². The van der Waals surface area contributed by atoms with Gasteiger partial charge in [-0.15, -0.1) is 0 Å². The van der Waals surface area contributed by atoms with E-state index in [9.17, 15) is 4.79 Å². The van der Waals surface area contributed by atoms with Gasteiger partial charge in [-0.1, -0.05) is 0 Å². The Morgan fingerprint density at radius 3 is 2.43 bits per heavy atom. The van der Waals surface area contributed by atoms with Crippen molar-refractivity contribution in [3.63, 3.8) is 0 Å². The molecule has 3 N–H and O–H groups in total. The summed E-state index contributed by atoms with van der Waals surface area (Å²) in [6, 6.07) is 0. The molecule has 0 saturated carbocycles. The second-order valence-corrected chi connectivity index (χ2v) is 4.17. The summed E-state index contributed by atoms with van der Waals surface area (Å²) in [6.07, 6.45) is 2.21. The molecule has 0 aliphatic heterocycles. The van der Waals surface area contributed by atoms with Crippen LogP contribution in [0.4, 0.5) is 0 Å². The molecule has 1 amide bonds. The van der Waals surface area contributed by atoms with Gasteiger partial charge in [-0.05, 0) is 33.2 Å². The van der Waals surface area contributed by atoms with Crippen LogP contribution in [-0.2, 0) is 4.79 Å². The summed E-state index contributed by atoms with van der Waals surface area (Å²) >= 11 is 0. The van der Waals surface area contributed by atoms with Gasteiger partial charge in [-0.2, -0.15) is 0 Å². The van der Waals surface area contributed by atoms with Gasteiger partial charge in [0.05, 0.1) is 12.1 Å². The zero-order chi connectivity index (χ0) is 11.2. The lowest BCUT2D eigenvalue weighted by Gasteiger charge is -2.34. The Balaban J connectivity index is 3.99. The first-order valence-corrected chi connectivity index (χ1v) is 5.03. The lowest BCUT2D eigenvalue weighted by Crippen LogP contribution is -2.47. The molecule has 0 aromatic heterocycles. The van der Waals surface area contributed by atoms with Gasteiger partial charge in [0.2, 0.25) is 5.91 Å². The third kappa shape index (κ3) is 4.07. The van der Waals surface area contributed by atoms with E-state index < -0.39 is 5.54 Å². The number of carbonyl (C=O) groups is 1. The Kier molecular flexibility index (Phi) is 5.72. The number of likely N-dealkylation sites (N-methyl/N-ethyl adjacent to an activating group) is 1. The molecule has 0 aromatic rings. The van der Waals surface area contributed by atoms with Gasteiger partial charge in [0.15, 0.2) is 0 Å². The number of aliphatic hydroxyl groups is 1. The molecule has 4 nitrogen and oxygen atoms in total. The number of nitrogens with zero attached hydrogens (tertiary/aromatic N) is 1. The smallest absolute Gasteiger partial charge is 0.222 e. The number of unbranched alkanes of at least 4 members (excludes halogenated alkanes) is 1. The van der Waals surface area contributed by atoms with Crippen LogP contribution in [0.25, 0.3) is 0 Å². The topological polar surface area (TPSA) is 66.6 Å². The van der Waals surface area contributed by atoms with Crippen molar-refractivity contribution in [1.29, 1.82) is 0 Å². The highest BCUT2D eigenvalue weighted by Crippen LogP contribution is 2.13. The monoisotopic (exact) mass is 202 g/mol. The molecule has 0 aliphatic rings. The van der Waals surface area contributed by atoms with E-state index in [-0.39, 0.29) is 12.5 Å². The van der Waals surface area contributed by atoms with Crippen LogP contribution in [0.15, 0.2) is 0 Å². The number of hydrogen-bond acceptors (Lipinski definition) is 3. The summed E-state index contributed by atoms with van der Waals surface area (Å²) < 4.78 is 0. The van der Waals surface area contributed by atoms with Crippen LogP contribution in [0.5, 0.6) is 0 Å². The normalized spacial score (nSPS) is 11.5. The van der Waals surface area contributed by atoms with Gasteiger partial charge in [-0.25, -0.2) is 0 Å². The first kappa shape index (κ1) is 13.4. The molecule has 0 aromatic carbocycles. The van der Waals surface area contributed by atoms with E-state index in [1.807, 2.05) is 13.8 Å². The van der Waals surface area contributed by atoms with Gasteiger partial charge in [-0.3, -0.25) is 4.79 Å². The maximum absolute atomic E-state index is 11.6. The molecule has 84 valence electrons. The van der Waals surface area contributed by atoms with Crippen LogP contribution in [0.2, 0.25) is 0 Å². The SMILES string of the molecule is CN(C(=O)CCCCN)C(C)(C)CO. The standard InChI is InChI=1S/C10H22N2O2/c1-10(2,8-13)12(3)9(14)6-4-5-7-11/h13H,4-8,11H2,1-3H3. The minimum Gasteiger partial charge on any atom is -0.394 e. The summed E-state index contributed by atoms with van der Waals surface area (Å²) in [5.74, 6) is 0.0671. The number of nitrogens with two attached hydrogens (primary N) is 1. The van der Waals surface area contributed by atoms with Crippen molar-refractivity contribution in [2.75, 3.05) is 20.2 Å². The van der Waals surface area contributed by atoms with Gasteiger partial charge >= 0.3 is 0 Å². The Morgan fingerprint density at radius 2 is 2.00 bits per heavy atom. The number of carbonyl (C=O) groups excluding carboxylic acids is 1. The van der Waals surface area contributed by atoms with Crippen LogP contribution < -0.4 is 5.73 Å². The molecule has 4 heteroatoms. The number of hydrogen-bond donors (Lipinski definition) is 2. The van der Waals surface area contributed by atoms with E-state index in [0.29, 0.717) is 13.0 Å². The Morgan fingerprint density at radius 1 is 1.43 bits per heavy atom. The summed E-state index contributed by atoms with van der Waals surface area (Å²) in [6.45, 7) is 4.29. The minimum absolute atomic E-state index is 0.0217. The van der Waals surface area contributed by atoms with E-state index >= 15 is 0 Å². The van der Waals surface area contributed by atoms with E-state index in [2.05, 4.69) is 0 Å². The summed E-state index contributed by atoms with van der Waals surface area (Å²) in [5, 5.41) is 9.07. The highest BCUT2D eigenvalue weighted by Gasteiger charge is 2.25. The third-order valence-corrected chi connectivity index (χ3v) is 2.51. The Hall–Kier alpha value is -0.610. The molecule has 0 fully saturated rings. The van der Waals surface area contributed by atoms with Crippen molar-refractivity contribution in [2.24, 2.45) is 5.73 Å². The maximum Gasteiger partial charge on any atom is 0.222 e. The Bertz CT molecular complexity index is 181. The molecule has 0 saturated heterocycles. The second kappa shape index (κ2) is 5.98. The van der Waals surface area contributed by atoms with E-state index in [0.717, 1.165) is 12.8 Å². The van der Waals surface area contributed by atoms with Gasteiger partial charge < -0.3 is 15.7 Å². The summed E-state index contributed by atoms with van der Waals surface area (Å²) in [7, 11) is 1.72. The molecule has 0 rings (SSSR count). The molecule has 0 radical (unpaired) electrons. The molecule has 0 atom stereocenters. The highest BCUT2D eigenvalue weighted by molar-refractivity contribution is 5.76. The summed E-state index contributed by atoms with van der Waals surface area (Å²) in [4.78, 5) is 13.2. The van der Waals surface area contributed by atoms with E-state index in [4.69, 9.17) is 10.8 Å². The molecule has 0 bridgehead atoms. The zero-order valence-corrected chi connectivity index (χ0v) is 9.42. The fourth-order valence-electron chi connectivity index (χ4n) is 1.03. The van der Waals surface area contributed by atoms with E-state index in [1.54, 1.807) is 11.9 Å². The van der Waals surface area contributed by atoms with Crippen LogP contribution in [0.1, 0.15) is 33.1 Å². The largest absolute Gasteiger partial charge is 0.394 e. The first-order chi connectivity index (χ1) is 6.45. The lowest BCUT2D eigenvalue weighted by molar-refractivity contribution is -0.136. The minimum atomic E-state index is -0.472. The van der Waals surface area contributed by atoms with Crippen molar-refractivity contribution in [1.82, 2.24) is 4.90 Å². The first-order valence-electron chi connectivity index (χ1n) is 5.03. The predicted octanol–water partition coefficient (Wildman–Crippen LogP) is 0.345. The molecule has 0 heterocycles. The fourth-order valence-corrected chi connectivity index (χ4v) is 1.03. The number of aliphatic hydroxyl groups excluding tert-OH is 1. The maximum atomic E-state index is 11.6. The Labute approximate surface area is 86.1 Å². The third-order valence-electron chi connectivity index (χ3n) is 2.51. The van der Waals surface area contributed by atoms with E-state index in [1.165, 1.54) is 0 Å². The fraction of sp³-hybridized carbons (Fsp3) is 0.900. The average Bonchev–Trinajstić information content (AvgIpc) is 2.17. The van der Waals surface area contributed by atoms with Gasteiger partial charge in [0.25, 0.3) is 0 Å². The molecule has 14 heavy (non-hydrogen) atoms. The second-order valence-electron chi connectivity index (χ2n) is 4.17. The van der Waals surface area contributed by atoms with Crippen LogP contribution in [0.3, 0.4) is 0 Å². The molecule has 0 spiro atoms. The van der Waals surface area contributed by atoms with Crippen LogP contribution in [-0.4, -0.2) is 41.7 Å². The zero-order valence-electron chi connectivity index (χ0n) is 9.42. The quantitative estimate of drug-likeness (QED) is 0.611. The van der Waals surface area contributed by atoms with Crippen molar-refractivity contribution >= 4 is 5.91 Å². The van der Waals surface area contributed by atoms with Crippen molar-refractivity contribution < 1.29 is 9.90 Å². The van der Waals surface area contributed by atoms with Gasteiger partial charge in [0.1, 0.15) is 0 Å². The highest BCUT2D eigenvalue weighted by atomic mass is 16.3. The number of rotatable bonds is 6. The van der Waals surface area contributed by atoms with Crippen molar-refractivity contribution in [3.8, 4) is 0 Å². The summed E-state index contributed by atoms with van der Waals surface area (Å²) in [5.41, 5.74) is 4.87. The predicted molar refractivity (Wildman–Crippen MR) is 56.8 cm³/mol. The number of amides is 1. The van der Waals surface area contributed by atoms with Crippen molar-refractivity contribution in [2.45, 2.75) is 38.6 Å². The average molecular weight is 202 g/mol. The van der Waals surface area contributed by atoms with Gasteiger partial charge in [0, 0.05) is 13.5 Å². The molecule has 0 aliphatic carbocycles. The molecule has 0 unspecified atom stereocenters. The van der Waals surface area contributed by atoms with Crippen molar-refractivity contribution in [3.05, 3.63) is 0 Å². The lowest BCUT2D eigenvalue weighted by atomic mass is 10.0.